The van der Waals surface area contributed by atoms with Gasteiger partial charge in [0.25, 0.3) is 0 Å². The molecule has 0 amide bonds. The largest absolute Gasteiger partial charge is 0.456 e. The summed E-state index contributed by atoms with van der Waals surface area (Å²) < 4.78 is 8.74. The lowest BCUT2D eigenvalue weighted by Crippen LogP contribution is -2.02. The van der Waals surface area contributed by atoms with Crippen LogP contribution in [0.1, 0.15) is 0 Å². The van der Waals surface area contributed by atoms with Gasteiger partial charge in [-0.05, 0) is 70.3 Å². The van der Waals surface area contributed by atoms with Crippen LogP contribution >= 0.6 is 0 Å². The third-order valence-corrected chi connectivity index (χ3v) is 11.9. The third kappa shape index (κ3) is 6.06. The van der Waals surface area contributed by atoms with Crippen LogP contribution in [0.4, 0.5) is 0 Å². The molecule has 9 aromatic carbocycles. The van der Waals surface area contributed by atoms with E-state index in [2.05, 4.69) is 174 Å². The Hall–Kier alpha value is -8.41. The summed E-state index contributed by atoms with van der Waals surface area (Å²) in [5.74, 6) is 1.85. The number of hydrogen-bond acceptors (Lipinski definition) is 4. The maximum absolute atomic E-state index is 6.32. The van der Waals surface area contributed by atoms with Crippen LogP contribution in [0.2, 0.25) is 0 Å². The zero-order chi connectivity index (χ0) is 41.0. The molecule has 3 aromatic heterocycles. The Morgan fingerprint density at radius 1 is 0.306 bits per heavy atom. The highest BCUT2D eigenvalue weighted by atomic mass is 16.3. The zero-order valence-electron chi connectivity index (χ0n) is 33.5. The second-order valence-electron chi connectivity index (χ2n) is 15.6. The molecule has 12 aromatic rings. The Bertz CT molecular complexity index is 3610. The standard InChI is InChI=1S/C57H36N4O/c1-4-15-37(16-5-1)38-27-29-41(30-28-38)56-58-55(40-19-8-3-9-20-40)59-57(60-56)43-32-34-50(48(35-43)39-17-6-2-7-18-39)61-49-24-12-10-21-45(49)46-33-31-42(36-51(46)61)44-23-14-26-53-54(44)47-22-11-13-25-52(47)62-53/h1-36H. The molecule has 0 atom stereocenters. The van der Waals surface area contributed by atoms with Gasteiger partial charge in [-0.3, -0.25) is 0 Å². The minimum Gasteiger partial charge on any atom is -0.456 e. The van der Waals surface area contributed by atoms with Crippen LogP contribution in [0.15, 0.2) is 223 Å². The molecular weight excluding hydrogens is 757 g/mol. The number of rotatable bonds is 7. The monoisotopic (exact) mass is 792 g/mol. The molecule has 290 valence electrons. The number of hydrogen-bond donors (Lipinski definition) is 0. The number of furan rings is 1. The lowest BCUT2D eigenvalue weighted by Gasteiger charge is -2.16. The van der Waals surface area contributed by atoms with E-state index in [4.69, 9.17) is 19.4 Å². The molecule has 0 bridgehead atoms. The lowest BCUT2D eigenvalue weighted by atomic mass is 9.98. The fourth-order valence-electron chi connectivity index (χ4n) is 8.92. The molecule has 12 rings (SSSR count). The summed E-state index contributed by atoms with van der Waals surface area (Å²) >= 11 is 0. The molecule has 0 aliphatic heterocycles. The van der Waals surface area contributed by atoms with Gasteiger partial charge in [-0.1, -0.05) is 176 Å². The van der Waals surface area contributed by atoms with Crippen LogP contribution in [0.3, 0.4) is 0 Å². The lowest BCUT2D eigenvalue weighted by molar-refractivity contribution is 0.669. The molecular formula is C57H36N4O. The van der Waals surface area contributed by atoms with Crippen molar-refractivity contribution >= 4 is 43.7 Å². The Labute approximate surface area is 357 Å². The third-order valence-electron chi connectivity index (χ3n) is 11.9. The summed E-state index contributed by atoms with van der Waals surface area (Å²) in [6.07, 6.45) is 0. The van der Waals surface area contributed by atoms with Gasteiger partial charge in [0.15, 0.2) is 17.5 Å². The van der Waals surface area contributed by atoms with Crippen molar-refractivity contribution in [2.24, 2.45) is 0 Å². The summed E-state index contributed by atoms with van der Waals surface area (Å²) in [5.41, 5.74) is 14.5. The molecule has 0 saturated carbocycles. The van der Waals surface area contributed by atoms with Gasteiger partial charge in [-0.2, -0.15) is 0 Å². The first-order chi connectivity index (χ1) is 30.7. The van der Waals surface area contributed by atoms with Crippen molar-refractivity contribution in [1.82, 2.24) is 19.5 Å². The minimum atomic E-state index is 0.606. The van der Waals surface area contributed by atoms with Crippen molar-refractivity contribution in [2.75, 3.05) is 0 Å². The SMILES string of the molecule is c1ccc(-c2ccc(-c3nc(-c4ccccc4)nc(-c4ccc(-n5c6ccccc6c6ccc(-c7cccc8oc9ccccc9c78)cc65)c(-c5ccccc5)c4)n3)cc2)cc1. The summed E-state index contributed by atoms with van der Waals surface area (Å²) in [6, 6.07) is 76.4. The fourth-order valence-corrected chi connectivity index (χ4v) is 8.92. The molecule has 62 heavy (non-hydrogen) atoms. The van der Waals surface area contributed by atoms with Crippen LogP contribution in [-0.2, 0) is 0 Å². The van der Waals surface area contributed by atoms with E-state index in [-0.39, 0.29) is 0 Å². The summed E-state index contributed by atoms with van der Waals surface area (Å²) in [5, 5.41) is 4.61. The number of para-hydroxylation sites is 2. The van der Waals surface area contributed by atoms with Gasteiger partial charge < -0.3 is 8.98 Å². The number of nitrogens with zero attached hydrogens (tertiary/aromatic N) is 4. The first-order valence-electron chi connectivity index (χ1n) is 20.8. The minimum absolute atomic E-state index is 0.606. The van der Waals surface area contributed by atoms with E-state index in [0.717, 1.165) is 88.7 Å². The van der Waals surface area contributed by atoms with Crippen LogP contribution in [0.5, 0.6) is 0 Å². The molecule has 0 N–H and O–H groups in total. The second kappa shape index (κ2) is 14.7. The molecule has 5 heteroatoms. The highest BCUT2D eigenvalue weighted by Gasteiger charge is 2.20. The predicted molar refractivity (Wildman–Crippen MR) is 254 cm³/mol. The molecule has 3 heterocycles. The topological polar surface area (TPSA) is 56.7 Å². The van der Waals surface area contributed by atoms with Crippen LogP contribution in [0.25, 0.3) is 117 Å². The molecule has 0 fully saturated rings. The van der Waals surface area contributed by atoms with E-state index in [1.807, 2.05) is 48.5 Å². The fraction of sp³-hybridized carbons (Fsp3) is 0. The van der Waals surface area contributed by atoms with Gasteiger partial charge in [0, 0.05) is 43.8 Å². The van der Waals surface area contributed by atoms with E-state index in [1.165, 1.54) is 10.8 Å². The normalized spacial score (nSPS) is 11.5. The maximum atomic E-state index is 6.32. The van der Waals surface area contributed by atoms with Gasteiger partial charge in [0.2, 0.25) is 0 Å². The average molecular weight is 793 g/mol. The average Bonchev–Trinajstić information content (AvgIpc) is 3.90. The van der Waals surface area contributed by atoms with Gasteiger partial charge in [0.1, 0.15) is 11.2 Å². The van der Waals surface area contributed by atoms with Crippen molar-refractivity contribution in [3.05, 3.63) is 218 Å². The number of fused-ring (bicyclic) bond motifs is 6. The number of aromatic nitrogens is 4. The first-order valence-corrected chi connectivity index (χ1v) is 20.8. The Morgan fingerprint density at radius 3 is 1.56 bits per heavy atom. The number of benzene rings is 9. The highest BCUT2D eigenvalue weighted by Crippen LogP contribution is 2.42. The van der Waals surface area contributed by atoms with Crippen molar-refractivity contribution in [1.29, 1.82) is 0 Å². The molecule has 0 aliphatic carbocycles. The second-order valence-corrected chi connectivity index (χ2v) is 15.6. The van der Waals surface area contributed by atoms with Gasteiger partial charge in [0.05, 0.1) is 16.7 Å². The van der Waals surface area contributed by atoms with Gasteiger partial charge in [-0.25, -0.2) is 15.0 Å². The van der Waals surface area contributed by atoms with Crippen molar-refractivity contribution < 1.29 is 4.42 Å². The van der Waals surface area contributed by atoms with Crippen LogP contribution < -0.4 is 0 Å². The van der Waals surface area contributed by atoms with E-state index in [9.17, 15) is 0 Å². The molecule has 0 saturated heterocycles. The summed E-state index contributed by atoms with van der Waals surface area (Å²) in [7, 11) is 0. The quantitative estimate of drug-likeness (QED) is 0.161. The van der Waals surface area contributed by atoms with Crippen LogP contribution in [-0.4, -0.2) is 19.5 Å². The van der Waals surface area contributed by atoms with E-state index < -0.39 is 0 Å². The Morgan fingerprint density at radius 2 is 0.823 bits per heavy atom. The first kappa shape index (κ1) is 35.5. The van der Waals surface area contributed by atoms with Crippen LogP contribution in [0, 0.1) is 0 Å². The van der Waals surface area contributed by atoms with E-state index >= 15 is 0 Å². The molecule has 0 spiro atoms. The Kier molecular flexibility index (Phi) is 8.42. The molecule has 0 radical (unpaired) electrons. The van der Waals surface area contributed by atoms with Gasteiger partial charge in [-0.15, -0.1) is 0 Å². The van der Waals surface area contributed by atoms with E-state index in [0.29, 0.717) is 17.5 Å². The molecule has 5 nitrogen and oxygen atoms in total. The van der Waals surface area contributed by atoms with Crippen molar-refractivity contribution in [3.63, 3.8) is 0 Å². The predicted octanol–water partition coefficient (Wildman–Crippen LogP) is 14.9. The highest BCUT2D eigenvalue weighted by molar-refractivity contribution is 6.15. The zero-order valence-corrected chi connectivity index (χ0v) is 33.5. The molecule has 0 unspecified atom stereocenters. The van der Waals surface area contributed by atoms with Crippen molar-refractivity contribution in [3.8, 4) is 73.2 Å². The summed E-state index contributed by atoms with van der Waals surface area (Å²) in [6.45, 7) is 0. The van der Waals surface area contributed by atoms with Gasteiger partial charge >= 0.3 is 0 Å². The smallest absolute Gasteiger partial charge is 0.164 e. The van der Waals surface area contributed by atoms with Crippen molar-refractivity contribution in [2.45, 2.75) is 0 Å². The van der Waals surface area contributed by atoms with E-state index in [1.54, 1.807) is 0 Å². The Balaban J connectivity index is 1.05. The summed E-state index contributed by atoms with van der Waals surface area (Å²) in [4.78, 5) is 15.4. The molecule has 0 aliphatic rings. The maximum Gasteiger partial charge on any atom is 0.164 e.